The van der Waals surface area contributed by atoms with Crippen molar-refractivity contribution >= 4 is 19.8 Å². The maximum absolute atomic E-state index is 12.8. The molecule has 13 nitrogen and oxygen atoms in total. The van der Waals surface area contributed by atoms with E-state index < -0.39 is 75.7 Å². The Labute approximate surface area is 356 Å². The average molecular weight is 863 g/mol. The van der Waals surface area contributed by atoms with Crippen molar-refractivity contribution in [2.24, 2.45) is 0 Å². The van der Waals surface area contributed by atoms with Gasteiger partial charge in [0.05, 0.1) is 6.61 Å². The Morgan fingerprint density at radius 1 is 0.508 bits per heavy atom. The van der Waals surface area contributed by atoms with Crippen LogP contribution < -0.4 is 0 Å². The summed E-state index contributed by atoms with van der Waals surface area (Å²) >= 11 is 0. The molecule has 0 amide bonds. The van der Waals surface area contributed by atoms with Gasteiger partial charge in [-0.2, -0.15) is 0 Å². The van der Waals surface area contributed by atoms with Gasteiger partial charge in [-0.05, 0) is 64.2 Å². The van der Waals surface area contributed by atoms with Crippen molar-refractivity contribution in [1.82, 2.24) is 0 Å². The summed E-state index contributed by atoms with van der Waals surface area (Å²) in [6, 6.07) is 0. The third-order valence-corrected chi connectivity index (χ3v) is 11.8. The highest BCUT2D eigenvalue weighted by Crippen LogP contribution is 2.47. The summed E-state index contributed by atoms with van der Waals surface area (Å²) in [5.41, 5.74) is 0. The first-order valence-corrected chi connectivity index (χ1v) is 24.6. The summed E-state index contributed by atoms with van der Waals surface area (Å²) in [6.45, 7) is 3.28. The van der Waals surface area contributed by atoms with Crippen LogP contribution >= 0.6 is 7.82 Å². The van der Waals surface area contributed by atoms with Crippen LogP contribution in [-0.4, -0.2) is 98.3 Å². The first kappa shape index (κ1) is 55.3. The van der Waals surface area contributed by atoms with Crippen molar-refractivity contribution in [2.75, 3.05) is 13.2 Å². The van der Waals surface area contributed by atoms with Crippen LogP contribution in [0, 0.1) is 0 Å². The molecule has 6 atom stereocenters. The molecular weight excluding hydrogens is 779 g/mol. The minimum atomic E-state index is -5.12. The number of unbranched alkanes of at least 4 members (excludes halogenated alkanes) is 22. The van der Waals surface area contributed by atoms with Crippen LogP contribution in [0.15, 0.2) is 24.3 Å². The lowest BCUT2D eigenvalue weighted by atomic mass is 9.85. The van der Waals surface area contributed by atoms with Crippen LogP contribution in [0.4, 0.5) is 0 Å². The first-order chi connectivity index (χ1) is 28.4. The van der Waals surface area contributed by atoms with E-state index >= 15 is 0 Å². The van der Waals surface area contributed by atoms with Gasteiger partial charge in [-0.25, -0.2) is 4.57 Å². The summed E-state index contributed by atoms with van der Waals surface area (Å²) in [5, 5.41) is 50.1. The van der Waals surface area contributed by atoms with Gasteiger partial charge >= 0.3 is 19.8 Å². The molecule has 1 fully saturated rings. The molecule has 0 aromatic heterocycles. The summed E-state index contributed by atoms with van der Waals surface area (Å²) in [6.07, 6.45) is 25.2. The van der Waals surface area contributed by atoms with E-state index in [0.29, 0.717) is 12.8 Å². The van der Waals surface area contributed by atoms with Crippen molar-refractivity contribution in [3.63, 3.8) is 0 Å². The van der Waals surface area contributed by atoms with Crippen LogP contribution in [-0.2, 0) is 32.7 Å². The van der Waals surface area contributed by atoms with Gasteiger partial charge in [0.2, 0.25) is 0 Å². The quantitative estimate of drug-likeness (QED) is 0.0149. The Morgan fingerprint density at radius 2 is 0.864 bits per heavy atom. The zero-order valence-corrected chi connectivity index (χ0v) is 37.4. The summed E-state index contributed by atoms with van der Waals surface area (Å²) < 4.78 is 33.5. The SMILES string of the molecule is CCCCCCCCC=CCCCCCCCC(=O)OC[C@H](COP(=O)(O)OC1C(O)C(O)C(O)C(O)C1O)OC(=O)CCCCCCCC=CCCCCCCCC. The van der Waals surface area contributed by atoms with Crippen molar-refractivity contribution in [3.05, 3.63) is 24.3 Å². The number of phosphoric ester groups is 1. The minimum absolute atomic E-state index is 0.0867. The highest BCUT2D eigenvalue weighted by atomic mass is 31.2. The lowest BCUT2D eigenvalue weighted by molar-refractivity contribution is -0.220. The van der Waals surface area contributed by atoms with E-state index in [0.717, 1.165) is 77.0 Å². The lowest BCUT2D eigenvalue weighted by Crippen LogP contribution is -2.64. The second kappa shape index (κ2) is 35.9. The van der Waals surface area contributed by atoms with Crippen LogP contribution in [0.25, 0.3) is 0 Å². The number of carbonyl (C=O) groups excluding carboxylic acids is 2. The van der Waals surface area contributed by atoms with Crippen LogP contribution in [0.2, 0.25) is 0 Å². The van der Waals surface area contributed by atoms with E-state index in [2.05, 4.69) is 38.2 Å². The number of aliphatic hydroxyl groups excluding tert-OH is 5. The largest absolute Gasteiger partial charge is 0.472 e. The van der Waals surface area contributed by atoms with Gasteiger partial charge in [-0.15, -0.1) is 0 Å². The Hall–Kier alpha value is -1.67. The molecule has 0 aromatic rings. The molecular formula is C45H83O13P. The number of hydrogen-bond donors (Lipinski definition) is 6. The highest BCUT2D eigenvalue weighted by molar-refractivity contribution is 7.47. The molecule has 0 spiro atoms. The van der Waals surface area contributed by atoms with Gasteiger partial charge in [-0.1, -0.05) is 141 Å². The predicted molar refractivity (Wildman–Crippen MR) is 230 cm³/mol. The van der Waals surface area contributed by atoms with Gasteiger partial charge < -0.3 is 39.9 Å². The minimum Gasteiger partial charge on any atom is -0.462 e. The van der Waals surface area contributed by atoms with Gasteiger partial charge in [-0.3, -0.25) is 18.6 Å². The number of allylic oxidation sites excluding steroid dienone is 4. The van der Waals surface area contributed by atoms with Crippen LogP contribution in [0.3, 0.4) is 0 Å². The first-order valence-electron chi connectivity index (χ1n) is 23.1. The standard InChI is InChI=1S/C45H83O13P/c1-3-5-7-9-11-13-15-17-19-21-23-25-27-29-31-33-38(46)55-35-37(36-56-59(53,54)58-45-43(51)41(49)40(48)42(50)44(45)52)57-39(47)34-32-30-28-26-24-22-20-18-16-14-12-10-8-6-4-2/h17-20,37,40-45,48-52H,3-16,21-36H2,1-2H3,(H,53,54)/t37-,40?,41?,42?,43?,44?,45?/m1/s1. The monoisotopic (exact) mass is 863 g/mol. The van der Waals surface area contributed by atoms with Crippen LogP contribution in [0.1, 0.15) is 194 Å². The summed E-state index contributed by atoms with van der Waals surface area (Å²) in [5.74, 6) is -1.11. The molecule has 14 heteroatoms. The molecule has 0 saturated heterocycles. The van der Waals surface area contributed by atoms with E-state index in [1.807, 2.05) is 0 Å². The molecule has 59 heavy (non-hydrogen) atoms. The molecule has 0 radical (unpaired) electrons. The Kier molecular flexibility index (Phi) is 33.7. The molecule has 1 aliphatic carbocycles. The van der Waals surface area contributed by atoms with Gasteiger partial charge in [0.25, 0.3) is 0 Å². The summed E-state index contributed by atoms with van der Waals surface area (Å²) in [7, 11) is -5.12. The second-order valence-electron chi connectivity index (χ2n) is 16.3. The molecule has 5 unspecified atom stereocenters. The van der Waals surface area contributed by atoms with E-state index in [4.69, 9.17) is 18.5 Å². The zero-order valence-electron chi connectivity index (χ0n) is 36.6. The topological polar surface area (TPSA) is 210 Å². The molecule has 1 rings (SSSR count). The maximum Gasteiger partial charge on any atom is 0.472 e. The number of phosphoric acid groups is 1. The average Bonchev–Trinajstić information content (AvgIpc) is 3.21. The maximum atomic E-state index is 12.8. The molecule has 0 heterocycles. The fourth-order valence-corrected chi connectivity index (χ4v) is 7.95. The Morgan fingerprint density at radius 3 is 1.29 bits per heavy atom. The molecule has 0 aliphatic heterocycles. The van der Waals surface area contributed by atoms with Crippen molar-refractivity contribution in [2.45, 2.75) is 236 Å². The van der Waals surface area contributed by atoms with Crippen molar-refractivity contribution in [3.8, 4) is 0 Å². The predicted octanol–water partition coefficient (Wildman–Crippen LogP) is 8.84. The number of rotatable bonds is 38. The molecule has 6 N–H and O–H groups in total. The smallest absolute Gasteiger partial charge is 0.462 e. The van der Waals surface area contributed by atoms with E-state index in [9.17, 15) is 44.6 Å². The molecule has 1 aliphatic rings. The van der Waals surface area contributed by atoms with Gasteiger partial charge in [0, 0.05) is 12.8 Å². The van der Waals surface area contributed by atoms with E-state index in [1.165, 1.54) is 77.0 Å². The third kappa shape index (κ3) is 28.5. The molecule has 0 aromatic carbocycles. The Balaban J connectivity index is 2.47. The van der Waals surface area contributed by atoms with Crippen molar-refractivity contribution in [1.29, 1.82) is 0 Å². The number of ether oxygens (including phenoxy) is 2. The van der Waals surface area contributed by atoms with Crippen molar-refractivity contribution < 1.29 is 63.1 Å². The second-order valence-corrected chi connectivity index (χ2v) is 17.7. The van der Waals surface area contributed by atoms with Crippen LogP contribution in [0.5, 0.6) is 0 Å². The fraction of sp³-hybridized carbons (Fsp3) is 0.867. The zero-order chi connectivity index (χ0) is 43.6. The fourth-order valence-electron chi connectivity index (χ4n) is 6.98. The third-order valence-electron chi connectivity index (χ3n) is 10.8. The molecule has 0 bridgehead atoms. The van der Waals surface area contributed by atoms with E-state index in [-0.39, 0.29) is 12.8 Å². The highest BCUT2D eigenvalue weighted by Gasteiger charge is 2.51. The number of aliphatic hydroxyl groups is 5. The number of hydrogen-bond acceptors (Lipinski definition) is 12. The molecule has 346 valence electrons. The number of carbonyl (C=O) groups is 2. The van der Waals surface area contributed by atoms with Gasteiger partial charge in [0.1, 0.15) is 43.2 Å². The summed E-state index contributed by atoms with van der Waals surface area (Å²) in [4.78, 5) is 35.7. The normalized spacial score (nSPS) is 22.5. The Bertz CT molecular complexity index is 1130. The number of esters is 2. The van der Waals surface area contributed by atoms with E-state index in [1.54, 1.807) is 0 Å². The molecule has 1 saturated carbocycles. The lowest BCUT2D eigenvalue weighted by Gasteiger charge is -2.41. The van der Waals surface area contributed by atoms with Gasteiger partial charge in [0.15, 0.2) is 6.10 Å².